The number of hydrogen-bond acceptors (Lipinski definition) is 5. The lowest BCUT2D eigenvalue weighted by Gasteiger charge is -2.23. The highest BCUT2D eigenvalue weighted by Gasteiger charge is 2.20. The number of amides is 1. The van der Waals surface area contributed by atoms with Gasteiger partial charge in [-0.2, -0.15) is 5.10 Å². The van der Waals surface area contributed by atoms with Gasteiger partial charge in [-0.25, -0.2) is 4.98 Å². The zero-order valence-electron chi connectivity index (χ0n) is 18.3. The highest BCUT2D eigenvalue weighted by Crippen LogP contribution is 2.23. The number of aromatic nitrogens is 5. The fourth-order valence-corrected chi connectivity index (χ4v) is 4.22. The number of aryl methyl sites for hydroxylation is 2. The fourth-order valence-electron chi connectivity index (χ4n) is 4.22. The van der Waals surface area contributed by atoms with Gasteiger partial charge in [-0.3, -0.25) is 14.5 Å². The second-order valence-corrected chi connectivity index (χ2v) is 8.32. The third-order valence-corrected chi connectivity index (χ3v) is 5.92. The average Bonchev–Trinajstić information content (AvgIpc) is 3.41. The van der Waals surface area contributed by atoms with Crippen molar-refractivity contribution in [3.63, 3.8) is 0 Å². The van der Waals surface area contributed by atoms with Crippen molar-refractivity contribution < 1.29 is 9.53 Å². The van der Waals surface area contributed by atoms with Gasteiger partial charge in [0, 0.05) is 63.9 Å². The zero-order valence-corrected chi connectivity index (χ0v) is 18.3. The number of carbonyl (C=O) groups excluding carboxylic acids is 1. The molecule has 0 unspecified atom stereocenters. The standard InChI is InChI=1S/C24H26N6O2/c1-29-8-5-21-23(29)17(12-22(28-21)24(31)27-19-6-9-32-10-7-19)11-16-3-4-20(25-13-16)18-14-26-30(2)15-18/h3-5,8,12-15,19H,6-7,9-11H2,1-2H3,(H,27,31). The normalized spacial score (nSPS) is 14.7. The summed E-state index contributed by atoms with van der Waals surface area (Å²) in [5.74, 6) is -0.131. The molecule has 0 spiro atoms. The molecule has 1 fully saturated rings. The van der Waals surface area contributed by atoms with E-state index in [1.165, 1.54) is 0 Å². The summed E-state index contributed by atoms with van der Waals surface area (Å²) in [6.45, 7) is 1.37. The first-order valence-corrected chi connectivity index (χ1v) is 10.8. The van der Waals surface area contributed by atoms with Gasteiger partial charge in [0.1, 0.15) is 5.69 Å². The minimum atomic E-state index is -0.131. The molecule has 164 valence electrons. The van der Waals surface area contributed by atoms with Crippen molar-refractivity contribution in [1.82, 2.24) is 29.6 Å². The molecule has 4 aromatic rings. The van der Waals surface area contributed by atoms with Crippen molar-refractivity contribution >= 4 is 16.9 Å². The van der Waals surface area contributed by atoms with Gasteiger partial charge < -0.3 is 14.6 Å². The van der Waals surface area contributed by atoms with Crippen LogP contribution in [0.2, 0.25) is 0 Å². The number of fused-ring (bicyclic) bond motifs is 1. The maximum absolute atomic E-state index is 12.9. The molecule has 0 aliphatic carbocycles. The van der Waals surface area contributed by atoms with E-state index < -0.39 is 0 Å². The molecule has 8 heteroatoms. The summed E-state index contributed by atoms with van der Waals surface area (Å²) in [5, 5.41) is 7.33. The molecule has 8 nitrogen and oxygen atoms in total. The van der Waals surface area contributed by atoms with Crippen LogP contribution in [0, 0.1) is 0 Å². The zero-order chi connectivity index (χ0) is 22.1. The Morgan fingerprint density at radius 1 is 1.19 bits per heavy atom. The van der Waals surface area contributed by atoms with Crippen molar-refractivity contribution in [3.8, 4) is 11.3 Å². The third-order valence-electron chi connectivity index (χ3n) is 5.92. The second kappa shape index (κ2) is 8.55. The Morgan fingerprint density at radius 2 is 2.03 bits per heavy atom. The SMILES string of the molecule is Cn1cc(-c2ccc(Cc3cc(C(=O)NC4CCOCC4)nc4ccn(C)c34)cn2)cn1. The van der Waals surface area contributed by atoms with E-state index in [1.807, 2.05) is 57.1 Å². The molecule has 5 heterocycles. The second-order valence-electron chi connectivity index (χ2n) is 8.32. The van der Waals surface area contributed by atoms with Crippen LogP contribution in [0.15, 0.2) is 49.1 Å². The lowest BCUT2D eigenvalue weighted by atomic mass is 10.0. The van der Waals surface area contributed by atoms with Crippen LogP contribution in [0.3, 0.4) is 0 Å². The van der Waals surface area contributed by atoms with Crippen LogP contribution in [0.5, 0.6) is 0 Å². The summed E-state index contributed by atoms with van der Waals surface area (Å²) >= 11 is 0. The van der Waals surface area contributed by atoms with Gasteiger partial charge in [0.2, 0.25) is 0 Å². The predicted molar refractivity (Wildman–Crippen MR) is 121 cm³/mol. The minimum Gasteiger partial charge on any atom is -0.381 e. The molecule has 0 radical (unpaired) electrons. The van der Waals surface area contributed by atoms with Crippen LogP contribution in [-0.2, 0) is 25.3 Å². The molecule has 0 atom stereocenters. The van der Waals surface area contributed by atoms with Crippen LogP contribution in [0.25, 0.3) is 22.3 Å². The van der Waals surface area contributed by atoms with Crippen molar-refractivity contribution in [2.24, 2.45) is 14.1 Å². The quantitative estimate of drug-likeness (QED) is 0.526. The van der Waals surface area contributed by atoms with Crippen LogP contribution in [-0.4, -0.2) is 49.5 Å². The van der Waals surface area contributed by atoms with Gasteiger partial charge in [0.15, 0.2) is 0 Å². The number of pyridine rings is 2. The smallest absolute Gasteiger partial charge is 0.270 e. The minimum absolute atomic E-state index is 0.131. The molecule has 1 N–H and O–H groups in total. The van der Waals surface area contributed by atoms with E-state index in [4.69, 9.17) is 4.74 Å². The topological polar surface area (TPSA) is 86.9 Å². The lowest BCUT2D eigenvalue weighted by molar-refractivity contribution is 0.0694. The molecule has 1 aliphatic heterocycles. The Morgan fingerprint density at radius 3 is 2.75 bits per heavy atom. The predicted octanol–water partition coefficient (Wildman–Crippen LogP) is 2.87. The summed E-state index contributed by atoms with van der Waals surface area (Å²) in [5.41, 5.74) is 6.30. The summed E-state index contributed by atoms with van der Waals surface area (Å²) in [6, 6.07) is 8.08. The number of rotatable bonds is 5. The molecule has 0 saturated carbocycles. The van der Waals surface area contributed by atoms with Gasteiger partial charge >= 0.3 is 0 Å². The average molecular weight is 431 g/mol. The van der Waals surface area contributed by atoms with Crippen LogP contribution in [0.4, 0.5) is 0 Å². The molecule has 1 saturated heterocycles. The van der Waals surface area contributed by atoms with Crippen LogP contribution >= 0.6 is 0 Å². The molecular weight excluding hydrogens is 404 g/mol. The van der Waals surface area contributed by atoms with Gasteiger partial charge in [0.05, 0.1) is 22.9 Å². The Labute approximate surface area is 186 Å². The van der Waals surface area contributed by atoms with Crippen LogP contribution < -0.4 is 5.32 Å². The van der Waals surface area contributed by atoms with E-state index in [-0.39, 0.29) is 11.9 Å². The van der Waals surface area contributed by atoms with Crippen molar-refractivity contribution in [3.05, 3.63) is 65.9 Å². The fraction of sp³-hybridized carbons (Fsp3) is 0.333. The van der Waals surface area contributed by atoms with E-state index in [9.17, 15) is 4.79 Å². The third kappa shape index (κ3) is 4.13. The highest BCUT2D eigenvalue weighted by molar-refractivity contribution is 5.95. The molecule has 4 aromatic heterocycles. The first kappa shape index (κ1) is 20.4. The summed E-state index contributed by atoms with van der Waals surface area (Å²) in [7, 11) is 3.89. The first-order valence-electron chi connectivity index (χ1n) is 10.8. The van der Waals surface area contributed by atoms with Gasteiger partial charge in [0.25, 0.3) is 5.91 Å². The van der Waals surface area contributed by atoms with Gasteiger partial charge in [-0.1, -0.05) is 6.07 Å². The molecular formula is C24H26N6O2. The van der Waals surface area contributed by atoms with Gasteiger partial charge in [-0.15, -0.1) is 0 Å². The van der Waals surface area contributed by atoms with E-state index in [0.717, 1.165) is 46.3 Å². The maximum Gasteiger partial charge on any atom is 0.270 e. The number of hydrogen-bond donors (Lipinski definition) is 1. The number of ether oxygens (including phenoxy) is 1. The molecule has 5 rings (SSSR count). The molecule has 1 amide bonds. The Balaban J connectivity index is 1.42. The molecule has 0 aromatic carbocycles. The molecule has 0 bridgehead atoms. The maximum atomic E-state index is 12.9. The van der Waals surface area contributed by atoms with E-state index in [2.05, 4.69) is 31.0 Å². The number of nitrogens with zero attached hydrogens (tertiary/aromatic N) is 5. The number of nitrogens with one attached hydrogen (secondary N) is 1. The van der Waals surface area contributed by atoms with Crippen molar-refractivity contribution in [2.45, 2.75) is 25.3 Å². The Kier molecular flexibility index (Phi) is 5.45. The number of carbonyl (C=O) groups is 1. The van der Waals surface area contributed by atoms with E-state index >= 15 is 0 Å². The molecule has 32 heavy (non-hydrogen) atoms. The monoisotopic (exact) mass is 430 g/mol. The Bertz CT molecular complexity index is 1250. The van der Waals surface area contributed by atoms with Crippen molar-refractivity contribution in [2.75, 3.05) is 13.2 Å². The Hall–Kier alpha value is -3.52. The highest BCUT2D eigenvalue weighted by atomic mass is 16.5. The summed E-state index contributed by atoms with van der Waals surface area (Å²) in [4.78, 5) is 22.2. The summed E-state index contributed by atoms with van der Waals surface area (Å²) in [6.07, 6.45) is 9.95. The van der Waals surface area contributed by atoms with E-state index in [1.54, 1.807) is 4.68 Å². The van der Waals surface area contributed by atoms with Crippen LogP contribution in [0.1, 0.15) is 34.5 Å². The van der Waals surface area contributed by atoms with Gasteiger partial charge in [-0.05, 0) is 42.2 Å². The van der Waals surface area contributed by atoms with E-state index in [0.29, 0.717) is 25.3 Å². The van der Waals surface area contributed by atoms with Crippen molar-refractivity contribution in [1.29, 1.82) is 0 Å². The summed E-state index contributed by atoms with van der Waals surface area (Å²) < 4.78 is 9.21. The lowest BCUT2D eigenvalue weighted by Crippen LogP contribution is -2.39. The molecule has 1 aliphatic rings. The first-order chi connectivity index (χ1) is 15.6. The largest absolute Gasteiger partial charge is 0.381 e.